The van der Waals surface area contributed by atoms with Crippen molar-refractivity contribution in [3.63, 3.8) is 0 Å². The molecule has 1 unspecified atom stereocenters. The number of amides is 1. The highest BCUT2D eigenvalue weighted by atomic mass is 19.4. The van der Waals surface area contributed by atoms with Crippen LogP contribution in [-0.2, 0) is 23.8 Å². The van der Waals surface area contributed by atoms with E-state index in [-0.39, 0.29) is 12.3 Å². The lowest BCUT2D eigenvalue weighted by molar-refractivity contribution is -0.137. The highest BCUT2D eigenvalue weighted by molar-refractivity contribution is 5.95. The van der Waals surface area contributed by atoms with Gasteiger partial charge in [-0.3, -0.25) is 4.79 Å². The van der Waals surface area contributed by atoms with Crippen LogP contribution in [-0.4, -0.2) is 19.1 Å². The minimum Gasteiger partial charge on any atom is -0.497 e. The van der Waals surface area contributed by atoms with Gasteiger partial charge in [-0.1, -0.05) is 60.7 Å². The summed E-state index contributed by atoms with van der Waals surface area (Å²) in [6, 6.07) is 26.8. The van der Waals surface area contributed by atoms with Crippen LogP contribution in [0.3, 0.4) is 0 Å². The number of carbonyl (C=O) groups excluding carboxylic acids is 1. The summed E-state index contributed by atoms with van der Waals surface area (Å²) in [5, 5.41) is 2.82. The number of halogens is 3. The molecule has 0 saturated heterocycles. The second-order valence-electron chi connectivity index (χ2n) is 8.71. The Morgan fingerprint density at radius 1 is 0.892 bits per heavy atom. The molecule has 0 radical (unpaired) electrons. The molecule has 0 aliphatic heterocycles. The predicted octanol–water partition coefficient (Wildman–Crippen LogP) is 6.48. The Bertz CT molecular complexity index is 1340. The molecule has 4 nitrogen and oxygen atoms in total. The molecule has 1 amide bonds. The van der Waals surface area contributed by atoms with Crippen LogP contribution in [0.4, 0.5) is 18.9 Å². The molecule has 0 aliphatic carbocycles. The second-order valence-corrected chi connectivity index (χ2v) is 8.71. The van der Waals surface area contributed by atoms with E-state index in [1.807, 2.05) is 48.5 Å². The van der Waals surface area contributed by atoms with E-state index in [9.17, 15) is 18.0 Å². The Morgan fingerprint density at radius 2 is 1.57 bits per heavy atom. The summed E-state index contributed by atoms with van der Waals surface area (Å²) in [7, 11) is 1.56. The zero-order valence-corrected chi connectivity index (χ0v) is 20.3. The minimum absolute atomic E-state index is 0.263. The van der Waals surface area contributed by atoms with Crippen molar-refractivity contribution in [3.05, 3.63) is 119 Å². The molecule has 0 aromatic heterocycles. The van der Waals surface area contributed by atoms with Gasteiger partial charge in [0, 0.05) is 5.69 Å². The van der Waals surface area contributed by atoms with E-state index in [0.717, 1.165) is 39.9 Å². The molecular formula is C30H27F3N2O2. The highest BCUT2D eigenvalue weighted by Gasteiger charge is 2.30. The van der Waals surface area contributed by atoms with Crippen molar-refractivity contribution >= 4 is 11.6 Å². The quantitative estimate of drug-likeness (QED) is 0.289. The van der Waals surface area contributed by atoms with Crippen LogP contribution in [0, 0.1) is 0 Å². The summed E-state index contributed by atoms with van der Waals surface area (Å²) in [6.07, 6.45) is -3.74. The lowest BCUT2D eigenvalue weighted by Gasteiger charge is -2.19. The van der Waals surface area contributed by atoms with Gasteiger partial charge in [-0.15, -0.1) is 0 Å². The van der Waals surface area contributed by atoms with Crippen LogP contribution in [0.5, 0.6) is 5.75 Å². The van der Waals surface area contributed by atoms with Gasteiger partial charge in [0.05, 0.1) is 18.7 Å². The first-order valence-electron chi connectivity index (χ1n) is 11.8. The summed E-state index contributed by atoms with van der Waals surface area (Å²) in [5.74, 6) is 0.337. The van der Waals surface area contributed by atoms with Crippen molar-refractivity contribution in [2.45, 2.75) is 25.1 Å². The number of alkyl halides is 3. The molecule has 0 saturated carbocycles. The van der Waals surface area contributed by atoms with E-state index in [4.69, 9.17) is 10.5 Å². The Morgan fingerprint density at radius 3 is 2.19 bits per heavy atom. The average molecular weight is 505 g/mol. The van der Waals surface area contributed by atoms with Gasteiger partial charge in [-0.05, 0) is 77.1 Å². The third-order valence-electron chi connectivity index (χ3n) is 6.15. The van der Waals surface area contributed by atoms with Crippen LogP contribution < -0.4 is 15.8 Å². The first-order valence-corrected chi connectivity index (χ1v) is 11.8. The number of carbonyl (C=O) groups is 1. The van der Waals surface area contributed by atoms with Gasteiger partial charge in [0.25, 0.3) is 0 Å². The van der Waals surface area contributed by atoms with Crippen molar-refractivity contribution in [3.8, 4) is 16.9 Å². The third kappa shape index (κ3) is 6.57. The Kier molecular flexibility index (Phi) is 7.94. The van der Waals surface area contributed by atoms with Crippen LogP contribution in [0.2, 0.25) is 0 Å². The van der Waals surface area contributed by atoms with Gasteiger partial charge in [-0.2, -0.15) is 13.2 Å². The number of benzene rings is 4. The largest absolute Gasteiger partial charge is 0.497 e. The third-order valence-corrected chi connectivity index (χ3v) is 6.15. The first kappa shape index (κ1) is 26.0. The van der Waals surface area contributed by atoms with Crippen LogP contribution >= 0.6 is 0 Å². The summed E-state index contributed by atoms with van der Waals surface area (Å²) in [5.41, 5.74) is 10.6. The number of nitrogens with two attached hydrogens (primary N) is 1. The summed E-state index contributed by atoms with van der Waals surface area (Å²) in [6.45, 7) is 0. The van der Waals surface area contributed by atoms with E-state index in [1.165, 1.54) is 12.1 Å². The van der Waals surface area contributed by atoms with Crippen molar-refractivity contribution < 1.29 is 22.7 Å². The van der Waals surface area contributed by atoms with Gasteiger partial charge >= 0.3 is 6.18 Å². The molecule has 37 heavy (non-hydrogen) atoms. The SMILES string of the molecule is COc1ccc(NC(=O)C(N)Cc2cccc(-c3ccccc3)c2Cc2ccc(C(F)(F)F)cc2)cc1. The molecule has 1 atom stereocenters. The van der Waals surface area contributed by atoms with Crippen molar-refractivity contribution in [2.75, 3.05) is 12.4 Å². The zero-order chi connectivity index (χ0) is 26.4. The number of hydrogen-bond acceptors (Lipinski definition) is 3. The van der Waals surface area contributed by atoms with E-state index < -0.39 is 17.8 Å². The average Bonchev–Trinajstić information content (AvgIpc) is 2.90. The topological polar surface area (TPSA) is 64.3 Å². The van der Waals surface area contributed by atoms with Crippen LogP contribution in [0.15, 0.2) is 97.1 Å². The first-order chi connectivity index (χ1) is 17.7. The lowest BCUT2D eigenvalue weighted by atomic mass is 9.88. The Hall–Kier alpha value is -4.10. The Labute approximate surface area is 213 Å². The minimum atomic E-state index is -4.39. The zero-order valence-electron chi connectivity index (χ0n) is 20.3. The molecule has 4 aromatic carbocycles. The summed E-state index contributed by atoms with van der Waals surface area (Å²) < 4.78 is 44.3. The second kappa shape index (κ2) is 11.3. The number of anilines is 1. The van der Waals surface area contributed by atoms with Gasteiger partial charge in [0.2, 0.25) is 5.91 Å². The summed E-state index contributed by atoms with van der Waals surface area (Å²) >= 11 is 0. The molecule has 3 N–H and O–H groups in total. The lowest BCUT2D eigenvalue weighted by Crippen LogP contribution is -2.37. The van der Waals surface area contributed by atoms with E-state index in [1.54, 1.807) is 31.4 Å². The number of nitrogens with one attached hydrogen (secondary N) is 1. The number of ether oxygens (including phenoxy) is 1. The van der Waals surface area contributed by atoms with E-state index in [2.05, 4.69) is 5.32 Å². The molecule has 0 bridgehead atoms. The molecule has 190 valence electrons. The molecular weight excluding hydrogens is 477 g/mol. The fourth-order valence-corrected chi connectivity index (χ4v) is 4.18. The van der Waals surface area contributed by atoms with Gasteiger partial charge in [0.1, 0.15) is 5.75 Å². The highest BCUT2D eigenvalue weighted by Crippen LogP contribution is 2.32. The molecule has 0 spiro atoms. The number of hydrogen-bond donors (Lipinski definition) is 2. The molecule has 4 aromatic rings. The molecule has 7 heteroatoms. The molecule has 0 fully saturated rings. The molecule has 0 aliphatic rings. The maximum Gasteiger partial charge on any atom is 0.416 e. The van der Waals surface area contributed by atoms with E-state index in [0.29, 0.717) is 17.9 Å². The fraction of sp³-hybridized carbons (Fsp3) is 0.167. The van der Waals surface area contributed by atoms with Gasteiger partial charge in [0.15, 0.2) is 0 Å². The number of methoxy groups -OCH3 is 1. The predicted molar refractivity (Wildman–Crippen MR) is 139 cm³/mol. The van der Waals surface area contributed by atoms with Crippen molar-refractivity contribution in [1.82, 2.24) is 0 Å². The van der Waals surface area contributed by atoms with Gasteiger partial charge < -0.3 is 15.8 Å². The van der Waals surface area contributed by atoms with Crippen LogP contribution in [0.25, 0.3) is 11.1 Å². The fourth-order valence-electron chi connectivity index (χ4n) is 4.18. The monoisotopic (exact) mass is 504 g/mol. The van der Waals surface area contributed by atoms with Crippen molar-refractivity contribution in [2.24, 2.45) is 5.73 Å². The molecule has 0 heterocycles. The summed E-state index contributed by atoms with van der Waals surface area (Å²) in [4.78, 5) is 12.9. The maximum atomic E-state index is 13.1. The van der Waals surface area contributed by atoms with Crippen LogP contribution in [0.1, 0.15) is 22.3 Å². The normalized spacial score (nSPS) is 12.1. The standard InChI is InChI=1S/C30H27F3N2O2/c1-37-25-16-14-24(15-17-25)35-29(36)28(34)19-22-8-5-9-26(21-6-3-2-4-7-21)27(22)18-20-10-12-23(13-11-20)30(31,32)33/h2-17,28H,18-19,34H2,1H3,(H,35,36). The Balaban J connectivity index is 1.61. The van der Waals surface area contributed by atoms with E-state index >= 15 is 0 Å². The molecule has 4 rings (SSSR count). The smallest absolute Gasteiger partial charge is 0.416 e. The van der Waals surface area contributed by atoms with Crippen molar-refractivity contribution in [1.29, 1.82) is 0 Å². The van der Waals surface area contributed by atoms with Gasteiger partial charge in [-0.25, -0.2) is 0 Å². The maximum absolute atomic E-state index is 13.1. The number of rotatable bonds is 8.